The van der Waals surface area contributed by atoms with Crippen molar-refractivity contribution in [2.24, 2.45) is 7.05 Å². The summed E-state index contributed by atoms with van der Waals surface area (Å²) in [5.74, 6) is -0.237. The minimum Gasteiger partial charge on any atom is -0.480 e. The van der Waals surface area contributed by atoms with Gasteiger partial charge in [-0.1, -0.05) is 0 Å². The van der Waals surface area contributed by atoms with E-state index in [1.165, 1.54) is 0 Å². The second-order valence-electron chi connectivity index (χ2n) is 5.21. The van der Waals surface area contributed by atoms with Gasteiger partial charge in [-0.3, -0.25) is 4.68 Å². The van der Waals surface area contributed by atoms with E-state index in [4.69, 9.17) is 0 Å². The molecular weight excluding hydrogens is 244 g/mol. The molecule has 102 valence electrons. The van der Waals surface area contributed by atoms with Crippen LogP contribution in [0.15, 0.2) is 0 Å². The average Bonchev–Trinajstić information content (AvgIpc) is 2.64. The van der Waals surface area contributed by atoms with Gasteiger partial charge in [-0.15, -0.1) is 0 Å². The predicted octanol–water partition coefficient (Wildman–Crippen LogP) is 1.43. The molecule has 1 unspecified atom stereocenters. The van der Waals surface area contributed by atoms with Crippen LogP contribution in [0.3, 0.4) is 0 Å². The fourth-order valence-electron chi connectivity index (χ4n) is 2.77. The standard InChI is InChI=1S/C13H18N4O2/c1-9-10(8-14)11(16(3)15-9)17-7-5-4-6-13(17,2)12(18)19/h4-7H2,1-3H3,(H,18,19). The van der Waals surface area contributed by atoms with Crippen LogP contribution >= 0.6 is 0 Å². The zero-order chi connectivity index (χ0) is 14.2. The molecule has 1 aromatic heterocycles. The Labute approximate surface area is 112 Å². The number of hydrogen-bond donors (Lipinski definition) is 1. The van der Waals surface area contributed by atoms with Crippen LogP contribution in [0, 0.1) is 18.3 Å². The van der Waals surface area contributed by atoms with Crippen molar-refractivity contribution in [3.63, 3.8) is 0 Å². The number of carbonyl (C=O) groups is 1. The summed E-state index contributed by atoms with van der Waals surface area (Å²) in [6, 6.07) is 2.14. The number of hydrogen-bond acceptors (Lipinski definition) is 4. The topological polar surface area (TPSA) is 82.2 Å². The Morgan fingerprint density at radius 2 is 2.21 bits per heavy atom. The van der Waals surface area contributed by atoms with E-state index in [1.807, 2.05) is 4.90 Å². The lowest BCUT2D eigenvalue weighted by atomic mass is 9.88. The summed E-state index contributed by atoms with van der Waals surface area (Å²) < 4.78 is 1.61. The summed E-state index contributed by atoms with van der Waals surface area (Å²) in [7, 11) is 1.75. The number of aromatic nitrogens is 2. The van der Waals surface area contributed by atoms with Crippen LogP contribution in [0.25, 0.3) is 0 Å². The van der Waals surface area contributed by atoms with E-state index in [9.17, 15) is 15.2 Å². The second kappa shape index (κ2) is 4.57. The molecule has 0 bridgehead atoms. The van der Waals surface area contributed by atoms with E-state index >= 15 is 0 Å². The molecule has 1 N–H and O–H groups in total. The third-order valence-corrected chi connectivity index (χ3v) is 3.91. The highest BCUT2D eigenvalue weighted by atomic mass is 16.4. The number of nitriles is 1. The molecule has 2 heterocycles. The SMILES string of the molecule is Cc1nn(C)c(N2CCCCC2(C)C(=O)O)c1C#N. The van der Waals surface area contributed by atoms with Crippen LogP contribution in [0.5, 0.6) is 0 Å². The van der Waals surface area contributed by atoms with Gasteiger partial charge in [0.1, 0.15) is 23.0 Å². The highest BCUT2D eigenvalue weighted by molar-refractivity contribution is 5.83. The van der Waals surface area contributed by atoms with Crippen molar-refractivity contribution in [3.05, 3.63) is 11.3 Å². The summed E-state index contributed by atoms with van der Waals surface area (Å²) >= 11 is 0. The van der Waals surface area contributed by atoms with Crippen molar-refractivity contribution in [2.45, 2.75) is 38.6 Å². The zero-order valence-electron chi connectivity index (χ0n) is 11.5. The molecule has 2 rings (SSSR count). The first-order chi connectivity index (χ1) is 8.91. The number of rotatable bonds is 2. The maximum Gasteiger partial charge on any atom is 0.329 e. The Morgan fingerprint density at radius 3 is 2.79 bits per heavy atom. The molecule has 0 spiro atoms. The van der Waals surface area contributed by atoms with Crippen molar-refractivity contribution in [3.8, 4) is 6.07 Å². The highest BCUT2D eigenvalue weighted by Crippen LogP contribution is 2.35. The van der Waals surface area contributed by atoms with Crippen molar-refractivity contribution in [1.82, 2.24) is 9.78 Å². The lowest BCUT2D eigenvalue weighted by Crippen LogP contribution is -2.56. The van der Waals surface area contributed by atoms with Crippen LogP contribution in [-0.2, 0) is 11.8 Å². The number of piperidine rings is 1. The Balaban J connectivity index is 2.56. The van der Waals surface area contributed by atoms with E-state index in [0.717, 1.165) is 12.8 Å². The van der Waals surface area contributed by atoms with Crippen LogP contribution in [0.2, 0.25) is 0 Å². The normalized spacial score (nSPS) is 23.2. The Morgan fingerprint density at radius 1 is 1.53 bits per heavy atom. The van der Waals surface area contributed by atoms with Crippen LogP contribution < -0.4 is 4.90 Å². The molecular formula is C13H18N4O2. The summed E-state index contributed by atoms with van der Waals surface area (Å²) in [6.07, 6.45) is 2.40. The van der Waals surface area contributed by atoms with Crippen LogP contribution in [0.1, 0.15) is 37.4 Å². The van der Waals surface area contributed by atoms with Gasteiger partial charge >= 0.3 is 5.97 Å². The van der Waals surface area contributed by atoms with Gasteiger partial charge in [0, 0.05) is 13.6 Å². The van der Waals surface area contributed by atoms with E-state index in [0.29, 0.717) is 30.0 Å². The van der Waals surface area contributed by atoms with Gasteiger partial charge < -0.3 is 10.0 Å². The Hall–Kier alpha value is -2.03. The molecule has 0 saturated carbocycles. The number of nitrogens with zero attached hydrogens (tertiary/aromatic N) is 4. The smallest absolute Gasteiger partial charge is 0.329 e. The van der Waals surface area contributed by atoms with Gasteiger partial charge in [0.2, 0.25) is 0 Å². The number of carboxylic acids is 1. The maximum absolute atomic E-state index is 11.6. The van der Waals surface area contributed by atoms with Crippen LogP contribution in [-0.4, -0.2) is 32.9 Å². The van der Waals surface area contributed by atoms with Crippen molar-refractivity contribution in [2.75, 3.05) is 11.4 Å². The number of anilines is 1. The fourth-order valence-corrected chi connectivity index (χ4v) is 2.77. The molecule has 6 nitrogen and oxygen atoms in total. The Bertz CT molecular complexity index is 558. The molecule has 0 aliphatic carbocycles. The largest absolute Gasteiger partial charge is 0.480 e. The molecule has 6 heteroatoms. The summed E-state index contributed by atoms with van der Waals surface area (Å²) in [5, 5.41) is 23.1. The first-order valence-electron chi connectivity index (χ1n) is 6.36. The molecule has 1 aliphatic rings. The first-order valence-corrected chi connectivity index (χ1v) is 6.36. The third kappa shape index (κ3) is 1.95. The summed E-state index contributed by atoms with van der Waals surface area (Å²) in [6.45, 7) is 4.12. The van der Waals surface area contributed by atoms with E-state index in [2.05, 4.69) is 11.2 Å². The van der Waals surface area contributed by atoms with E-state index in [-0.39, 0.29) is 0 Å². The van der Waals surface area contributed by atoms with E-state index in [1.54, 1.807) is 25.6 Å². The number of carboxylic acid groups (broad SMARTS) is 1. The first kappa shape index (κ1) is 13.4. The summed E-state index contributed by atoms with van der Waals surface area (Å²) in [5.41, 5.74) is 0.138. The lowest BCUT2D eigenvalue weighted by molar-refractivity contribution is -0.143. The maximum atomic E-state index is 11.6. The van der Waals surface area contributed by atoms with Crippen molar-refractivity contribution in [1.29, 1.82) is 5.26 Å². The highest BCUT2D eigenvalue weighted by Gasteiger charge is 2.43. The van der Waals surface area contributed by atoms with E-state index < -0.39 is 11.5 Å². The van der Waals surface area contributed by atoms with Gasteiger partial charge in [-0.25, -0.2) is 4.79 Å². The number of aliphatic carboxylic acids is 1. The second-order valence-corrected chi connectivity index (χ2v) is 5.21. The molecule has 19 heavy (non-hydrogen) atoms. The lowest BCUT2D eigenvalue weighted by Gasteiger charge is -2.43. The van der Waals surface area contributed by atoms with Crippen molar-refractivity contribution >= 4 is 11.8 Å². The van der Waals surface area contributed by atoms with Gasteiger partial charge in [0.15, 0.2) is 0 Å². The zero-order valence-corrected chi connectivity index (χ0v) is 11.5. The van der Waals surface area contributed by atoms with Crippen LogP contribution in [0.4, 0.5) is 5.82 Å². The van der Waals surface area contributed by atoms with Gasteiger partial charge in [0.05, 0.1) is 5.69 Å². The fraction of sp³-hybridized carbons (Fsp3) is 0.615. The molecule has 0 aromatic carbocycles. The van der Waals surface area contributed by atoms with Gasteiger partial charge in [-0.2, -0.15) is 10.4 Å². The van der Waals surface area contributed by atoms with Gasteiger partial charge in [0.25, 0.3) is 0 Å². The summed E-state index contributed by atoms with van der Waals surface area (Å²) in [4.78, 5) is 13.4. The molecule has 1 fully saturated rings. The average molecular weight is 262 g/mol. The van der Waals surface area contributed by atoms with Gasteiger partial charge in [-0.05, 0) is 33.1 Å². The quantitative estimate of drug-likeness (QED) is 0.872. The van der Waals surface area contributed by atoms with Crippen molar-refractivity contribution < 1.29 is 9.90 Å². The number of aryl methyl sites for hydroxylation is 2. The molecule has 0 amide bonds. The molecule has 1 atom stereocenters. The predicted molar refractivity (Wildman–Crippen MR) is 69.9 cm³/mol. The molecule has 1 saturated heterocycles. The molecule has 1 aromatic rings. The third-order valence-electron chi connectivity index (χ3n) is 3.91. The molecule has 0 radical (unpaired) electrons. The minimum absolute atomic E-state index is 0.469. The minimum atomic E-state index is -0.968. The Kier molecular flexibility index (Phi) is 3.23. The monoisotopic (exact) mass is 262 g/mol. The molecule has 1 aliphatic heterocycles.